The molecule has 39 heavy (non-hydrogen) atoms. The van der Waals surface area contributed by atoms with Crippen LogP contribution in [0.15, 0.2) is 89.3 Å². The van der Waals surface area contributed by atoms with Crippen LogP contribution in [0.4, 0.5) is 0 Å². The van der Waals surface area contributed by atoms with Crippen molar-refractivity contribution in [2.24, 2.45) is 0 Å². The quantitative estimate of drug-likeness (QED) is 0.210. The Balaban J connectivity index is 1.27. The average Bonchev–Trinajstić information content (AvgIpc) is 3.60. The lowest BCUT2D eigenvalue weighted by Crippen LogP contribution is -2.41. The van der Waals surface area contributed by atoms with E-state index in [9.17, 15) is 0 Å². The Morgan fingerprint density at radius 1 is 0.564 bits per heavy atom. The van der Waals surface area contributed by atoms with Gasteiger partial charge in [-0.05, 0) is 80.3 Å². The van der Waals surface area contributed by atoms with Crippen molar-refractivity contribution < 1.29 is 13.7 Å². The van der Waals surface area contributed by atoms with Gasteiger partial charge in [-0.3, -0.25) is 0 Å². The molecule has 188 valence electrons. The number of benzene rings is 5. The van der Waals surface area contributed by atoms with Gasteiger partial charge in [0.1, 0.15) is 11.2 Å². The minimum Gasteiger partial charge on any atom is -0.456 e. The first-order valence-corrected chi connectivity index (χ1v) is 13.6. The van der Waals surface area contributed by atoms with Gasteiger partial charge in [-0.15, -0.1) is 0 Å². The highest BCUT2D eigenvalue weighted by Gasteiger charge is 2.51. The fourth-order valence-electron chi connectivity index (χ4n) is 6.59. The Labute approximate surface area is 225 Å². The van der Waals surface area contributed by atoms with E-state index in [1.165, 1.54) is 48.9 Å². The number of aromatic nitrogens is 1. The van der Waals surface area contributed by atoms with Gasteiger partial charge >= 0.3 is 7.12 Å². The zero-order chi connectivity index (χ0) is 26.3. The highest BCUT2D eigenvalue weighted by atomic mass is 16.7. The summed E-state index contributed by atoms with van der Waals surface area (Å²) in [5, 5.41) is 9.79. The van der Waals surface area contributed by atoms with Crippen LogP contribution in [0.25, 0.3) is 70.8 Å². The van der Waals surface area contributed by atoms with E-state index in [0.717, 1.165) is 27.4 Å². The zero-order valence-electron chi connectivity index (χ0n) is 22.3. The monoisotopic (exact) mass is 507 g/mol. The van der Waals surface area contributed by atoms with Gasteiger partial charge in [0, 0.05) is 32.3 Å². The molecule has 0 amide bonds. The maximum Gasteiger partial charge on any atom is 0.494 e. The number of para-hydroxylation sites is 2. The summed E-state index contributed by atoms with van der Waals surface area (Å²) in [5.74, 6) is 0. The van der Waals surface area contributed by atoms with Crippen LogP contribution < -0.4 is 5.46 Å². The summed E-state index contributed by atoms with van der Waals surface area (Å²) in [4.78, 5) is 0. The summed E-state index contributed by atoms with van der Waals surface area (Å²) in [7, 11) is -0.414. The zero-order valence-corrected chi connectivity index (χ0v) is 22.3. The second kappa shape index (κ2) is 6.92. The molecular formula is C34H26BNO3. The summed E-state index contributed by atoms with van der Waals surface area (Å²) in [6.45, 7) is 8.32. The highest BCUT2D eigenvalue weighted by Crippen LogP contribution is 2.42. The smallest absolute Gasteiger partial charge is 0.456 e. The summed E-state index contributed by atoms with van der Waals surface area (Å²) in [5.41, 5.74) is 5.73. The van der Waals surface area contributed by atoms with Gasteiger partial charge in [0.25, 0.3) is 0 Å². The Morgan fingerprint density at radius 2 is 1.23 bits per heavy atom. The first kappa shape index (κ1) is 21.8. The molecule has 0 spiro atoms. The Bertz CT molecular complexity index is 2290. The van der Waals surface area contributed by atoms with Crippen molar-refractivity contribution in [3.05, 3.63) is 84.9 Å². The minimum atomic E-state index is -0.414. The molecule has 4 nitrogen and oxygen atoms in total. The Hall–Kier alpha value is -4.06. The van der Waals surface area contributed by atoms with E-state index in [0.29, 0.717) is 0 Å². The van der Waals surface area contributed by atoms with Gasteiger partial charge in [0.2, 0.25) is 0 Å². The van der Waals surface area contributed by atoms with E-state index in [1.807, 2.05) is 0 Å². The van der Waals surface area contributed by atoms with Crippen molar-refractivity contribution in [2.45, 2.75) is 38.9 Å². The molecular weight excluding hydrogens is 481 g/mol. The van der Waals surface area contributed by atoms with E-state index in [4.69, 9.17) is 13.7 Å². The first-order valence-electron chi connectivity index (χ1n) is 13.6. The van der Waals surface area contributed by atoms with Crippen LogP contribution >= 0.6 is 0 Å². The molecule has 0 N–H and O–H groups in total. The van der Waals surface area contributed by atoms with Crippen LogP contribution in [0.5, 0.6) is 0 Å². The van der Waals surface area contributed by atoms with Crippen LogP contribution in [0, 0.1) is 0 Å². The maximum absolute atomic E-state index is 6.44. The molecule has 4 heterocycles. The molecule has 0 radical (unpaired) electrons. The van der Waals surface area contributed by atoms with Crippen molar-refractivity contribution >= 4 is 83.4 Å². The number of hydrogen-bond donors (Lipinski definition) is 0. The van der Waals surface area contributed by atoms with Crippen molar-refractivity contribution in [3.8, 4) is 0 Å². The number of nitrogens with zero attached hydrogens (tertiary/aromatic N) is 1. The van der Waals surface area contributed by atoms with Crippen molar-refractivity contribution in [2.75, 3.05) is 0 Å². The third kappa shape index (κ3) is 2.72. The lowest BCUT2D eigenvalue weighted by atomic mass is 9.79. The molecule has 1 fully saturated rings. The molecule has 8 aromatic rings. The Morgan fingerprint density at radius 3 is 2.05 bits per heavy atom. The highest BCUT2D eigenvalue weighted by molar-refractivity contribution is 6.62. The van der Waals surface area contributed by atoms with Crippen molar-refractivity contribution in [1.29, 1.82) is 0 Å². The topological polar surface area (TPSA) is 36.0 Å². The van der Waals surface area contributed by atoms with Crippen LogP contribution in [0.2, 0.25) is 0 Å². The lowest BCUT2D eigenvalue weighted by molar-refractivity contribution is 0.00578. The van der Waals surface area contributed by atoms with Crippen LogP contribution in [0.3, 0.4) is 0 Å². The molecule has 3 aromatic heterocycles. The van der Waals surface area contributed by atoms with E-state index in [1.54, 1.807) is 0 Å². The van der Waals surface area contributed by atoms with E-state index in [2.05, 4.69) is 117 Å². The second-order valence-electron chi connectivity index (χ2n) is 12.1. The van der Waals surface area contributed by atoms with Gasteiger partial charge in [-0.1, -0.05) is 48.5 Å². The van der Waals surface area contributed by atoms with Gasteiger partial charge in [0.05, 0.1) is 27.8 Å². The van der Waals surface area contributed by atoms with Crippen LogP contribution in [-0.4, -0.2) is 22.7 Å². The second-order valence-corrected chi connectivity index (χ2v) is 12.1. The molecule has 0 aliphatic carbocycles. The van der Waals surface area contributed by atoms with E-state index in [-0.39, 0.29) is 11.2 Å². The van der Waals surface area contributed by atoms with Crippen LogP contribution in [-0.2, 0) is 9.31 Å². The molecule has 5 heteroatoms. The predicted molar refractivity (Wildman–Crippen MR) is 162 cm³/mol. The van der Waals surface area contributed by atoms with Gasteiger partial charge in [-0.2, -0.15) is 0 Å². The third-order valence-corrected chi connectivity index (χ3v) is 9.32. The largest absolute Gasteiger partial charge is 0.494 e. The number of fused-ring (bicyclic) bond motifs is 10. The summed E-state index contributed by atoms with van der Waals surface area (Å²) in [6.07, 6.45) is 0. The molecule has 1 aliphatic heterocycles. The molecule has 0 saturated carbocycles. The number of furan rings is 1. The molecule has 0 atom stereocenters. The predicted octanol–water partition coefficient (Wildman–Crippen LogP) is 8.19. The minimum absolute atomic E-state index is 0.381. The van der Waals surface area contributed by atoms with E-state index < -0.39 is 7.12 Å². The van der Waals surface area contributed by atoms with Gasteiger partial charge in [0.15, 0.2) is 0 Å². The Kier molecular flexibility index (Phi) is 3.88. The fraction of sp³-hybridized carbons (Fsp3) is 0.176. The standard InChI is InChI=1S/C34H26BNO3/c1-33(2)34(3,4)39-35(38-33)21-12-13-23-27-15-19-14-26-25-10-7-9-24-22-8-5-6-11-28(22)36(32(24)25)29(26)16-20(19)17-30(27)37-31(23)18-21/h5-18H,1-4H3. The number of hydrogen-bond acceptors (Lipinski definition) is 3. The van der Waals surface area contributed by atoms with Crippen LogP contribution in [0.1, 0.15) is 27.7 Å². The molecule has 0 unspecified atom stereocenters. The summed E-state index contributed by atoms with van der Waals surface area (Å²) >= 11 is 0. The van der Waals surface area contributed by atoms with Gasteiger partial charge in [-0.25, -0.2) is 0 Å². The van der Waals surface area contributed by atoms with Gasteiger partial charge < -0.3 is 18.1 Å². The molecule has 1 saturated heterocycles. The van der Waals surface area contributed by atoms with Crippen molar-refractivity contribution in [1.82, 2.24) is 4.40 Å². The number of rotatable bonds is 1. The molecule has 0 bridgehead atoms. The van der Waals surface area contributed by atoms with Crippen molar-refractivity contribution in [3.63, 3.8) is 0 Å². The molecule has 5 aromatic carbocycles. The maximum atomic E-state index is 6.44. The SMILES string of the molecule is CC1(C)OB(c2ccc3c(c2)oc2cc4cc5c(cc4cc23)c2cccc3c4ccccc4n5c32)OC1(C)C. The summed E-state index contributed by atoms with van der Waals surface area (Å²) in [6, 6.07) is 30.8. The normalized spacial score (nSPS) is 17.4. The molecule has 1 aliphatic rings. The van der Waals surface area contributed by atoms with E-state index >= 15 is 0 Å². The fourth-order valence-corrected chi connectivity index (χ4v) is 6.59. The average molecular weight is 507 g/mol. The summed E-state index contributed by atoms with van der Waals surface area (Å²) < 4.78 is 21.4. The molecule has 9 rings (SSSR count). The lowest BCUT2D eigenvalue weighted by Gasteiger charge is -2.32. The first-order chi connectivity index (χ1) is 18.8. The third-order valence-electron chi connectivity index (χ3n) is 9.32.